The fraction of sp³-hybridized carbons (Fsp3) is 0.333. The molecule has 2 aromatic rings. The summed E-state index contributed by atoms with van der Waals surface area (Å²) in [6.45, 7) is 0.259. The van der Waals surface area contributed by atoms with Crippen LogP contribution in [0.4, 0.5) is 0 Å². The molecule has 0 bridgehead atoms. The lowest BCUT2D eigenvalue weighted by atomic mass is 10.0. The van der Waals surface area contributed by atoms with E-state index in [2.05, 4.69) is 22.6 Å². The van der Waals surface area contributed by atoms with E-state index in [1.807, 2.05) is 30.3 Å². The highest BCUT2D eigenvalue weighted by Gasteiger charge is 2.32. The predicted molar refractivity (Wildman–Crippen MR) is 98.8 cm³/mol. The molecule has 0 unspecified atom stereocenters. The number of fused-ring (bicyclic) bond motifs is 2. The summed E-state index contributed by atoms with van der Waals surface area (Å²) < 4.78 is 10.7. The number of hydrogen-bond acceptors (Lipinski definition) is 5. The summed E-state index contributed by atoms with van der Waals surface area (Å²) in [7, 11) is 0. The van der Waals surface area contributed by atoms with Crippen molar-refractivity contribution in [2.75, 3.05) is 6.79 Å². The Morgan fingerprint density at radius 3 is 3.00 bits per heavy atom. The zero-order valence-corrected chi connectivity index (χ0v) is 14.8. The van der Waals surface area contributed by atoms with Crippen LogP contribution in [0.1, 0.15) is 35.6 Å². The van der Waals surface area contributed by atoms with Crippen LogP contribution in [0.3, 0.4) is 0 Å². The van der Waals surface area contributed by atoms with Crippen LogP contribution in [0.2, 0.25) is 0 Å². The molecule has 6 nitrogen and oxygen atoms in total. The highest BCUT2D eigenvalue weighted by molar-refractivity contribution is 5.94. The van der Waals surface area contributed by atoms with Crippen molar-refractivity contribution in [1.82, 2.24) is 5.32 Å². The Balaban J connectivity index is 1.19. The Hall–Kier alpha value is -3.02. The molecule has 0 saturated carbocycles. The monoisotopic (exact) mass is 364 g/mol. The first kappa shape index (κ1) is 16.2. The summed E-state index contributed by atoms with van der Waals surface area (Å²) in [5.74, 6) is 1.42. The average molecular weight is 364 g/mol. The molecule has 2 aliphatic heterocycles. The quantitative estimate of drug-likeness (QED) is 0.906. The van der Waals surface area contributed by atoms with Crippen molar-refractivity contribution in [3.05, 3.63) is 59.2 Å². The van der Waals surface area contributed by atoms with Crippen molar-refractivity contribution in [3.63, 3.8) is 0 Å². The Morgan fingerprint density at radius 1 is 1.15 bits per heavy atom. The van der Waals surface area contributed by atoms with Crippen LogP contribution in [0, 0.1) is 0 Å². The largest absolute Gasteiger partial charge is 0.454 e. The molecule has 6 heteroatoms. The van der Waals surface area contributed by atoms with Crippen LogP contribution in [-0.4, -0.2) is 24.5 Å². The normalized spacial score (nSPS) is 22.1. The summed E-state index contributed by atoms with van der Waals surface area (Å²) in [5.41, 5.74) is 4.45. The van der Waals surface area contributed by atoms with Gasteiger partial charge in [-0.05, 0) is 41.7 Å². The molecule has 0 spiro atoms. The predicted octanol–water partition coefficient (Wildman–Crippen LogP) is 2.91. The van der Waals surface area contributed by atoms with Gasteiger partial charge in [-0.2, -0.15) is 0 Å². The van der Waals surface area contributed by atoms with E-state index in [1.165, 1.54) is 11.1 Å². The average Bonchev–Trinajstić information content (AvgIpc) is 3.41. The highest BCUT2D eigenvalue weighted by Crippen LogP contribution is 2.33. The van der Waals surface area contributed by atoms with E-state index in [0.717, 1.165) is 35.6 Å². The molecule has 0 aromatic heterocycles. The van der Waals surface area contributed by atoms with Crippen molar-refractivity contribution in [2.45, 2.75) is 37.8 Å². The molecule has 0 fully saturated rings. The first-order valence-corrected chi connectivity index (χ1v) is 9.24. The molecule has 2 atom stereocenters. The van der Waals surface area contributed by atoms with Crippen LogP contribution in [0.15, 0.2) is 47.6 Å². The molecule has 0 radical (unpaired) electrons. The summed E-state index contributed by atoms with van der Waals surface area (Å²) in [5, 5.41) is 7.25. The number of oxime groups is 1. The minimum absolute atomic E-state index is 0.0650. The molecule has 27 heavy (non-hydrogen) atoms. The van der Waals surface area contributed by atoms with Crippen molar-refractivity contribution in [3.8, 4) is 11.5 Å². The van der Waals surface area contributed by atoms with Gasteiger partial charge in [0.15, 0.2) is 11.5 Å². The fourth-order valence-electron chi connectivity index (χ4n) is 3.93. The Kier molecular flexibility index (Phi) is 3.96. The molecule has 3 aliphatic rings. The Labute approximate surface area is 157 Å². The molecular formula is C21H20N2O4. The van der Waals surface area contributed by atoms with E-state index in [4.69, 9.17) is 14.3 Å². The van der Waals surface area contributed by atoms with Crippen LogP contribution in [-0.2, 0) is 22.5 Å². The summed E-state index contributed by atoms with van der Waals surface area (Å²) in [6.07, 6.45) is 2.52. The number of carbonyl (C=O) groups excluding carboxylic acids is 1. The van der Waals surface area contributed by atoms with E-state index in [1.54, 1.807) is 0 Å². The van der Waals surface area contributed by atoms with E-state index in [9.17, 15) is 4.79 Å². The standard InChI is InChI=1S/C21H20N2O4/c24-21(22-17-7-6-14-3-1-2-4-16(14)17)20-11-15(23-27-20)9-13-5-8-18-19(10-13)26-12-25-18/h1-5,8,10,17,20H,6-7,9,11-12H2,(H,22,24)/t17-,20-/m0/s1. The number of hydrogen-bond donors (Lipinski definition) is 1. The molecule has 1 amide bonds. The van der Waals surface area contributed by atoms with Crippen LogP contribution in [0.5, 0.6) is 11.5 Å². The van der Waals surface area contributed by atoms with Crippen LogP contribution < -0.4 is 14.8 Å². The van der Waals surface area contributed by atoms with Gasteiger partial charge in [0.2, 0.25) is 12.9 Å². The van der Waals surface area contributed by atoms with Gasteiger partial charge in [0.1, 0.15) is 0 Å². The number of aryl methyl sites for hydroxylation is 1. The molecule has 2 aromatic carbocycles. The van der Waals surface area contributed by atoms with Gasteiger partial charge in [0.05, 0.1) is 11.8 Å². The third-order valence-corrected chi connectivity index (χ3v) is 5.32. The van der Waals surface area contributed by atoms with Crippen LogP contribution in [0.25, 0.3) is 0 Å². The zero-order valence-electron chi connectivity index (χ0n) is 14.8. The topological polar surface area (TPSA) is 69.2 Å². The van der Waals surface area contributed by atoms with Gasteiger partial charge in [-0.3, -0.25) is 4.79 Å². The third kappa shape index (κ3) is 3.12. The van der Waals surface area contributed by atoms with Gasteiger partial charge >= 0.3 is 0 Å². The van der Waals surface area contributed by atoms with Gasteiger partial charge in [-0.25, -0.2) is 0 Å². The number of nitrogens with one attached hydrogen (secondary N) is 1. The molecule has 0 saturated heterocycles. The van der Waals surface area contributed by atoms with Crippen molar-refractivity contribution in [1.29, 1.82) is 0 Å². The van der Waals surface area contributed by atoms with Gasteiger partial charge in [-0.15, -0.1) is 0 Å². The summed E-state index contributed by atoms with van der Waals surface area (Å²) >= 11 is 0. The molecule has 1 N–H and O–H groups in total. The number of benzene rings is 2. The maximum absolute atomic E-state index is 12.6. The lowest BCUT2D eigenvalue weighted by Gasteiger charge is -2.16. The fourth-order valence-corrected chi connectivity index (χ4v) is 3.93. The maximum atomic E-state index is 12.6. The molecule has 5 rings (SSSR count). The number of rotatable bonds is 4. The zero-order chi connectivity index (χ0) is 18.2. The second-order valence-corrected chi connectivity index (χ2v) is 7.12. The van der Waals surface area contributed by atoms with Gasteiger partial charge < -0.3 is 19.6 Å². The number of carbonyl (C=O) groups is 1. The number of amides is 1. The van der Waals surface area contributed by atoms with E-state index < -0.39 is 6.10 Å². The Morgan fingerprint density at radius 2 is 2.04 bits per heavy atom. The van der Waals surface area contributed by atoms with Crippen molar-refractivity contribution < 1.29 is 19.1 Å². The molecule has 1 aliphatic carbocycles. The molecule has 138 valence electrons. The first-order chi connectivity index (χ1) is 13.3. The summed E-state index contributed by atoms with van der Waals surface area (Å²) in [4.78, 5) is 18.0. The number of ether oxygens (including phenoxy) is 2. The second-order valence-electron chi connectivity index (χ2n) is 7.12. The van der Waals surface area contributed by atoms with Gasteiger partial charge in [-0.1, -0.05) is 35.5 Å². The smallest absolute Gasteiger partial charge is 0.264 e. The maximum Gasteiger partial charge on any atom is 0.264 e. The van der Waals surface area contributed by atoms with Gasteiger partial charge in [0.25, 0.3) is 5.91 Å². The minimum atomic E-state index is -0.554. The van der Waals surface area contributed by atoms with Crippen LogP contribution >= 0.6 is 0 Å². The van der Waals surface area contributed by atoms with E-state index in [0.29, 0.717) is 12.8 Å². The third-order valence-electron chi connectivity index (χ3n) is 5.32. The van der Waals surface area contributed by atoms with E-state index >= 15 is 0 Å². The SMILES string of the molecule is O=C(N[C@H]1CCc2ccccc21)[C@@H]1CC(Cc2ccc3c(c2)OCO3)=NO1. The molecular weight excluding hydrogens is 344 g/mol. The first-order valence-electron chi connectivity index (χ1n) is 9.24. The Bertz CT molecular complexity index is 924. The molecule has 2 heterocycles. The summed E-state index contributed by atoms with van der Waals surface area (Å²) in [6, 6.07) is 14.2. The van der Waals surface area contributed by atoms with E-state index in [-0.39, 0.29) is 18.7 Å². The minimum Gasteiger partial charge on any atom is -0.454 e. The van der Waals surface area contributed by atoms with Gasteiger partial charge in [0, 0.05) is 12.8 Å². The van der Waals surface area contributed by atoms with Crippen molar-refractivity contribution in [2.24, 2.45) is 5.16 Å². The highest BCUT2D eigenvalue weighted by atomic mass is 16.7. The lowest BCUT2D eigenvalue weighted by Crippen LogP contribution is -2.36. The van der Waals surface area contributed by atoms with Crippen molar-refractivity contribution >= 4 is 11.6 Å². The number of nitrogens with zero attached hydrogens (tertiary/aromatic N) is 1. The lowest BCUT2D eigenvalue weighted by molar-refractivity contribution is -0.131. The second kappa shape index (κ2) is 6.61.